The molecule has 2 heterocycles. The summed E-state index contributed by atoms with van der Waals surface area (Å²) >= 11 is 1.68. The van der Waals surface area contributed by atoms with Gasteiger partial charge in [-0.05, 0) is 59.2 Å². The molecule has 3 aromatic carbocycles. The first kappa shape index (κ1) is 24.2. The fourth-order valence-corrected chi connectivity index (χ4v) is 5.81. The van der Waals surface area contributed by atoms with Crippen molar-refractivity contribution in [2.24, 2.45) is 0 Å². The lowest BCUT2D eigenvalue weighted by Gasteiger charge is -2.17. The van der Waals surface area contributed by atoms with Crippen LogP contribution in [0.4, 0.5) is 18.9 Å². The first-order valence-electron chi connectivity index (χ1n) is 11.3. The Balaban J connectivity index is 1.29. The van der Waals surface area contributed by atoms with Gasteiger partial charge in [-0.25, -0.2) is 0 Å². The second kappa shape index (κ2) is 9.54. The minimum absolute atomic E-state index is 0.117. The minimum Gasteiger partial charge on any atom is -0.489 e. The number of fused-ring (bicyclic) bond motifs is 2. The van der Waals surface area contributed by atoms with E-state index in [0.29, 0.717) is 23.4 Å². The molecule has 0 radical (unpaired) electrons. The number of benzene rings is 3. The van der Waals surface area contributed by atoms with Crippen LogP contribution >= 0.6 is 11.8 Å². The van der Waals surface area contributed by atoms with Gasteiger partial charge >= 0.3 is 12.1 Å². The SMILES string of the molecule is COC(=O)CC1CSc2cc(OCc3cccc4c3CN(c3ccc(C(F)(F)F)cc3)C4=O)ccc21. The van der Waals surface area contributed by atoms with Crippen molar-refractivity contribution >= 4 is 29.3 Å². The number of amides is 1. The number of anilines is 1. The van der Waals surface area contributed by atoms with Crippen LogP contribution in [0.5, 0.6) is 5.75 Å². The van der Waals surface area contributed by atoms with Crippen molar-refractivity contribution in [1.82, 2.24) is 0 Å². The number of hydrogen-bond donors (Lipinski definition) is 0. The number of nitrogens with zero attached hydrogens (tertiary/aromatic N) is 1. The predicted octanol–water partition coefficient (Wildman–Crippen LogP) is 6.20. The fourth-order valence-electron chi connectivity index (χ4n) is 4.53. The Morgan fingerprint density at radius 3 is 2.61 bits per heavy atom. The lowest BCUT2D eigenvalue weighted by Crippen LogP contribution is -2.23. The Bertz CT molecular complexity index is 1320. The van der Waals surface area contributed by atoms with Crippen LogP contribution in [0.3, 0.4) is 0 Å². The highest BCUT2D eigenvalue weighted by Gasteiger charge is 2.33. The molecule has 0 spiro atoms. The molecular formula is C27H22F3NO4S. The van der Waals surface area contributed by atoms with E-state index in [2.05, 4.69) is 0 Å². The number of ether oxygens (including phenoxy) is 2. The van der Waals surface area contributed by atoms with E-state index in [0.717, 1.165) is 39.5 Å². The molecule has 0 saturated heterocycles. The Morgan fingerprint density at radius 1 is 1.11 bits per heavy atom. The van der Waals surface area contributed by atoms with Crippen molar-refractivity contribution in [2.75, 3.05) is 17.8 Å². The molecular weight excluding hydrogens is 491 g/mol. The van der Waals surface area contributed by atoms with Gasteiger partial charge in [0.25, 0.3) is 5.91 Å². The maximum absolute atomic E-state index is 13.0. The van der Waals surface area contributed by atoms with E-state index in [-0.39, 0.29) is 30.9 Å². The summed E-state index contributed by atoms with van der Waals surface area (Å²) in [6.45, 7) is 0.501. The van der Waals surface area contributed by atoms with Crippen LogP contribution in [0.25, 0.3) is 0 Å². The quantitative estimate of drug-likeness (QED) is 0.368. The molecule has 36 heavy (non-hydrogen) atoms. The van der Waals surface area contributed by atoms with Gasteiger partial charge in [0.05, 0.1) is 25.6 Å². The zero-order valence-electron chi connectivity index (χ0n) is 19.3. The topological polar surface area (TPSA) is 55.8 Å². The minimum atomic E-state index is -4.43. The number of carbonyl (C=O) groups is 2. The fraction of sp³-hybridized carbons (Fsp3) is 0.259. The number of thioether (sulfide) groups is 1. The van der Waals surface area contributed by atoms with Gasteiger partial charge in [0.2, 0.25) is 0 Å². The summed E-state index contributed by atoms with van der Waals surface area (Å²) in [6.07, 6.45) is -4.09. The Morgan fingerprint density at radius 2 is 1.89 bits per heavy atom. The summed E-state index contributed by atoms with van der Waals surface area (Å²) in [6, 6.07) is 15.8. The van der Waals surface area contributed by atoms with Gasteiger partial charge in [0, 0.05) is 27.8 Å². The zero-order valence-corrected chi connectivity index (χ0v) is 20.1. The molecule has 2 aliphatic heterocycles. The van der Waals surface area contributed by atoms with Crippen molar-refractivity contribution < 1.29 is 32.2 Å². The number of alkyl halides is 3. The average Bonchev–Trinajstić information content (AvgIpc) is 3.43. The van der Waals surface area contributed by atoms with Crippen LogP contribution in [-0.2, 0) is 28.9 Å². The Labute approximate surface area is 210 Å². The summed E-state index contributed by atoms with van der Waals surface area (Å²) in [7, 11) is 1.39. The van der Waals surface area contributed by atoms with E-state index in [1.807, 2.05) is 24.3 Å². The highest BCUT2D eigenvalue weighted by Crippen LogP contribution is 2.43. The van der Waals surface area contributed by atoms with Gasteiger partial charge in [-0.1, -0.05) is 18.2 Å². The second-order valence-electron chi connectivity index (χ2n) is 8.66. The number of halogens is 3. The highest BCUT2D eigenvalue weighted by molar-refractivity contribution is 7.99. The van der Waals surface area contributed by atoms with Crippen molar-refractivity contribution in [3.8, 4) is 5.75 Å². The van der Waals surface area contributed by atoms with Crippen LogP contribution in [0, 0.1) is 0 Å². The molecule has 0 aliphatic carbocycles. The number of esters is 1. The summed E-state index contributed by atoms with van der Waals surface area (Å²) < 4.78 is 49.6. The van der Waals surface area contributed by atoms with E-state index in [1.165, 1.54) is 24.1 Å². The molecule has 2 aliphatic rings. The first-order chi connectivity index (χ1) is 17.2. The van der Waals surface area contributed by atoms with Crippen molar-refractivity contribution in [3.63, 3.8) is 0 Å². The third-order valence-electron chi connectivity index (χ3n) is 6.47. The van der Waals surface area contributed by atoms with Gasteiger partial charge in [0.15, 0.2) is 0 Å². The van der Waals surface area contributed by atoms with E-state index >= 15 is 0 Å². The van der Waals surface area contributed by atoms with Gasteiger partial charge in [-0.3, -0.25) is 9.59 Å². The maximum atomic E-state index is 13.0. The van der Waals surface area contributed by atoms with E-state index < -0.39 is 11.7 Å². The molecule has 0 N–H and O–H groups in total. The standard InChI is InChI=1S/C27H22F3NO4S/c1-34-25(32)11-17-15-36-24-12-20(9-10-21(17)24)35-14-16-3-2-4-22-23(16)13-31(26(22)33)19-7-5-18(6-8-19)27(28,29)30/h2-10,12,17H,11,13-15H2,1H3. The summed E-state index contributed by atoms with van der Waals surface area (Å²) in [5.74, 6) is 1.12. The Kier molecular flexibility index (Phi) is 6.42. The zero-order chi connectivity index (χ0) is 25.4. The van der Waals surface area contributed by atoms with Crippen LogP contribution in [-0.4, -0.2) is 24.7 Å². The molecule has 186 valence electrons. The lowest BCUT2D eigenvalue weighted by atomic mass is 9.98. The van der Waals surface area contributed by atoms with Crippen LogP contribution < -0.4 is 9.64 Å². The van der Waals surface area contributed by atoms with Crippen LogP contribution in [0.15, 0.2) is 65.6 Å². The van der Waals surface area contributed by atoms with Gasteiger partial charge in [0.1, 0.15) is 12.4 Å². The van der Waals surface area contributed by atoms with Crippen molar-refractivity contribution in [1.29, 1.82) is 0 Å². The third kappa shape index (κ3) is 4.67. The van der Waals surface area contributed by atoms with E-state index in [4.69, 9.17) is 9.47 Å². The Hall–Kier alpha value is -3.46. The molecule has 1 unspecified atom stereocenters. The molecule has 0 aromatic heterocycles. The number of carbonyl (C=O) groups excluding carboxylic acids is 2. The summed E-state index contributed by atoms with van der Waals surface area (Å²) in [5.41, 5.74) is 2.92. The molecule has 0 saturated carbocycles. The van der Waals surface area contributed by atoms with Crippen LogP contribution in [0.2, 0.25) is 0 Å². The maximum Gasteiger partial charge on any atom is 0.416 e. The van der Waals surface area contributed by atoms with Crippen molar-refractivity contribution in [2.45, 2.75) is 36.6 Å². The monoisotopic (exact) mass is 513 g/mol. The summed E-state index contributed by atoms with van der Waals surface area (Å²) in [5, 5.41) is 0. The highest BCUT2D eigenvalue weighted by atomic mass is 32.2. The molecule has 5 rings (SSSR count). The summed E-state index contributed by atoms with van der Waals surface area (Å²) in [4.78, 5) is 27.2. The second-order valence-corrected chi connectivity index (χ2v) is 9.72. The van der Waals surface area contributed by atoms with Crippen molar-refractivity contribution in [3.05, 3.63) is 88.5 Å². The largest absolute Gasteiger partial charge is 0.489 e. The van der Waals surface area contributed by atoms with Crippen LogP contribution in [0.1, 0.15) is 45.0 Å². The molecule has 1 atom stereocenters. The molecule has 1 amide bonds. The lowest BCUT2D eigenvalue weighted by molar-refractivity contribution is -0.141. The third-order valence-corrected chi connectivity index (χ3v) is 7.70. The average molecular weight is 514 g/mol. The number of rotatable bonds is 6. The van der Waals surface area contributed by atoms with E-state index in [1.54, 1.807) is 23.9 Å². The van der Waals surface area contributed by atoms with Gasteiger partial charge in [-0.2, -0.15) is 13.2 Å². The normalized spacial score (nSPS) is 16.6. The molecule has 9 heteroatoms. The molecule has 0 bridgehead atoms. The molecule has 5 nitrogen and oxygen atoms in total. The predicted molar refractivity (Wildman–Crippen MR) is 129 cm³/mol. The van der Waals surface area contributed by atoms with E-state index in [9.17, 15) is 22.8 Å². The first-order valence-corrected chi connectivity index (χ1v) is 12.3. The molecule has 3 aromatic rings. The van der Waals surface area contributed by atoms with Gasteiger partial charge in [-0.15, -0.1) is 11.8 Å². The number of hydrogen-bond acceptors (Lipinski definition) is 5. The number of methoxy groups -OCH3 is 1. The smallest absolute Gasteiger partial charge is 0.416 e. The molecule has 0 fully saturated rings. The van der Waals surface area contributed by atoms with Gasteiger partial charge < -0.3 is 14.4 Å².